The average Bonchev–Trinajstić information content (AvgIpc) is 2.76. The molecule has 0 aromatic heterocycles. The molecule has 0 bridgehead atoms. The number of carbonyl (C=O) groups excluding carboxylic acids is 1. The molecule has 18 heavy (non-hydrogen) atoms. The molecule has 3 N–H and O–H groups in total. The summed E-state index contributed by atoms with van der Waals surface area (Å²) in [5.41, 5.74) is 6.88. The van der Waals surface area contributed by atoms with Gasteiger partial charge in [-0.25, -0.2) is 0 Å². The van der Waals surface area contributed by atoms with Gasteiger partial charge in [-0.05, 0) is 18.6 Å². The van der Waals surface area contributed by atoms with Crippen molar-refractivity contribution in [2.24, 2.45) is 5.73 Å². The maximum absolute atomic E-state index is 11.0. The summed E-state index contributed by atoms with van der Waals surface area (Å²) in [6, 6.07) is 5.62. The smallest absolute Gasteiger partial charge is 0.219 e. The van der Waals surface area contributed by atoms with Crippen molar-refractivity contribution < 1.29 is 14.3 Å². The first-order chi connectivity index (χ1) is 8.70. The number of nitrogens with one attached hydrogen (secondary N) is 1. The molecule has 5 heteroatoms. The predicted molar refractivity (Wildman–Crippen MR) is 67.7 cm³/mol. The topological polar surface area (TPSA) is 73.6 Å². The van der Waals surface area contributed by atoms with E-state index in [4.69, 9.17) is 15.2 Å². The molecule has 1 aromatic rings. The molecule has 0 saturated heterocycles. The second-order valence-corrected chi connectivity index (χ2v) is 4.24. The van der Waals surface area contributed by atoms with E-state index in [9.17, 15) is 4.79 Å². The first-order valence-corrected chi connectivity index (χ1v) is 6.06. The Hall–Kier alpha value is -1.75. The molecule has 1 atom stereocenters. The first kappa shape index (κ1) is 12.7. The van der Waals surface area contributed by atoms with Gasteiger partial charge in [-0.1, -0.05) is 0 Å². The van der Waals surface area contributed by atoms with Crippen LogP contribution in [0.15, 0.2) is 18.2 Å². The number of amides is 1. The highest BCUT2D eigenvalue weighted by Crippen LogP contribution is 2.33. The third-order valence-corrected chi connectivity index (χ3v) is 2.90. The lowest BCUT2D eigenvalue weighted by Crippen LogP contribution is -2.18. The molecule has 0 radical (unpaired) electrons. The summed E-state index contributed by atoms with van der Waals surface area (Å²) >= 11 is 0. The second-order valence-electron chi connectivity index (χ2n) is 4.24. The van der Waals surface area contributed by atoms with E-state index in [1.165, 1.54) is 0 Å². The molecule has 0 aliphatic carbocycles. The molecular formula is C13H18N2O3. The van der Waals surface area contributed by atoms with E-state index in [1.54, 1.807) is 7.05 Å². The molecule has 1 unspecified atom stereocenters. The Morgan fingerprint density at radius 2 is 2.44 bits per heavy atom. The van der Waals surface area contributed by atoms with Crippen molar-refractivity contribution in [1.29, 1.82) is 0 Å². The van der Waals surface area contributed by atoms with Gasteiger partial charge in [0.15, 0.2) is 0 Å². The zero-order chi connectivity index (χ0) is 13.0. The number of nitrogens with two attached hydrogens (primary N) is 1. The SMILES string of the molecule is CNC(=O)CCCOc1ccc2c(c1)OCC2N. The zero-order valence-electron chi connectivity index (χ0n) is 10.4. The molecule has 5 nitrogen and oxygen atoms in total. The van der Waals surface area contributed by atoms with Gasteiger partial charge >= 0.3 is 0 Å². The minimum atomic E-state index is -0.0395. The molecule has 0 spiro atoms. The number of rotatable bonds is 5. The third-order valence-electron chi connectivity index (χ3n) is 2.90. The van der Waals surface area contributed by atoms with E-state index in [0.717, 1.165) is 17.1 Å². The molecule has 1 amide bonds. The number of carbonyl (C=O) groups is 1. The van der Waals surface area contributed by atoms with Gasteiger partial charge in [0.1, 0.15) is 18.1 Å². The van der Waals surface area contributed by atoms with Crippen molar-refractivity contribution in [3.05, 3.63) is 23.8 Å². The minimum absolute atomic E-state index is 0.0295. The number of ether oxygens (including phenoxy) is 2. The molecule has 1 aromatic carbocycles. The van der Waals surface area contributed by atoms with Gasteiger partial charge in [0, 0.05) is 25.1 Å². The van der Waals surface area contributed by atoms with Crippen LogP contribution < -0.4 is 20.5 Å². The van der Waals surface area contributed by atoms with E-state index in [2.05, 4.69) is 5.32 Å². The maximum Gasteiger partial charge on any atom is 0.219 e. The summed E-state index contributed by atoms with van der Waals surface area (Å²) in [6.45, 7) is 1.04. The zero-order valence-corrected chi connectivity index (χ0v) is 10.4. The third kappa shape index (κ3) is 2.92. The van der Waals surface area contributed by atoms with Crippen molar-refractivity contribution in [2.75, 3.05) is 20.3 Å². The number of benzene rings is 1. The monoisotopic (exact) mass is 250 g/mol. The van der Waals surface area contributed by atoms with E-state index in [1.807, 2.05) is 18.2 Å². The van der Waals surface area contributed by atoms with Gasteiger partial charge in [-0.15, -0.1) is 0 Å². The Morgan fingerprint density at radius 1 is 1.61 bits per heavy atom. The van der Waals surface area contributed by atoms with Gasteiger partial charge in [0.25, 0.3) is 0 Å². The first-order valence-electron chi connectivity index (χ1n) is 6.06. The van der Waals surface area contributed by atoms with Crippen LogP contribution in [0.5, 0.6) is 11.5 Å². The van der Waals surface area contributed by atoms with Crippen LogP contribution in [0.25, 0.3) is 0 Å². The lowest BCUT2D eigenvalue weighted by atomic mass is 10.1. The van der Waals surface area contributed by atoms with Crippen LogP contribution in [-0.4, -0.2) is 26.2 Å². The molecule has 1 aliphatic heterocycles. The second kappa shape index (κ2) is 5.73. The summed E-state index contributed by atoms with van der Waals surface area (Å²) in [5, 5.41) is 2.57. The normalized spacial score (nSPS) is 16.9. The fourth-order valence-electron chi connectivity index (χ4n) is 1.85. The van der Waals surface area contributed by atoms with E-state index < -0.39 is 0 Å². The van der Waals surface area contributed by atoms with Crippen LogP contribution in [0.2, 0.25) is 0 Å². The lowest BCUT2D eigenvalue weighted by molar-refractivity contribution is -0.120. The van der Waals surface area contributed by atoms with Crippen LogP contribution >= 0.6 is 0 Å². The standard InChI is InChI=1S/C13H18N2O3/c1-15-13(16)3-2-6-17-9-4-5-10-11(14)8-18-12(10)7-9/h4-5,7,11H,2-3,6,8,14H2,1H3,(H,15,16). The van der Waals surface area contributed by atoms with Crippen molar-refractivity contribution in [2.45, 2.75) is 18.9 Å². The number of hydrogen-bond acceptors (Lipinski definition) is 4. The molecular weight excluding hydrogens is 232 g/mol. The van der Waals surface area contributed by atoms with Crippen molar-refractivity contribution in [1.82, 2.24) is 5.32 Å². The van der Waals surface area contributed by atoms with E-state index in [-0.39, 0.29) is 11.9 Å². The van der Waals surface area contributed by atoms with Crippen LogP contribution in [-0.2, 0) is 4.79 Å². The lowest BCUT2D eigenvalue weighted by Gasteiger charge is -2.07. The predicted octanol–water partition coefficient (Wildman–Crippen LogP) is 0.984. The molecule has 98 valence electrons. The fourth-order valence-corrected chi connectivity index (χ4v) is 1.85. The fraction of sp³-hybridized carbons (Fsp3) is 0.462. The Kier molecular flexibility index (Phi) is 4.04. The maximum atomic E-state index is 11.0. The molecule has 1 heterocycles. The van der Waals surface area contributed by atoms with Crippen molar-refractivity contribution >= 4 is 5.91 Å². The Bertz CT molecular complexity index is 434. The number of fused-ring (bicyclic) bond motifs is 1. The van der Waals surface area contributed by atoms with E-state index in [0.29, 0.717) is 26.1 Å². The summed E-state index contributed by atoms with van der Waals surface area (Å²) in [4.78, 5) is 11.0. The molecule has 1 aliphatic rings. The summed E-state index contributed by atoms with van der Waals surface area (Å²) in [6.07, 6.45) is 1.17. The highest BCUT2D eigenvalue weighted by Gasteiger charge is 2.20. The summed E-state index contributed by atoms with van der Waals surface area (Å²) in [7, 11) is 1.63. The molecule has 2 rings (SSSR count). The Labute approximate surface area is 106 Å². The van der Waals surface area contributed by atoms with Gasteiger partial charge in [-0.2, -0.15) is 0 Å². The Morgan fingerprint density at radius 3 is 3.22 bits per heavy atom. The van der Waals surface area contributed by atoms with Crippen molar-refractivity contribution in [3.8, 4) is 11.5 Å². The van der Waals surface area contributed by atoms with Crippen LogP contribution in [0.1, 0.15) is 24.4 Å². The molecule has 0 saturated carbocycles. The largest absolute Gasteiger partial charge is 0.493 e. The average molecular weight is 250 g/mol. The minimum Gasteiger partial charge on any atom is -0.493 e. The summed E-state index contributed by atoms with van der Waals surface area (Å²) < 4.78 is 11.0. The number of hydrogen-bond donors (Lipinski definition) is 2. The van der Waals surface area contributed by atoms with Crippen molar-refractivity contribution in [3.63, 3.8) is 0 Å². The van der Waals surface area contributed by atoms with Gasteiger partial charge in [0.05, 0.1) is 12.6 Å². The van der Waals surface area contributed by atoms with Gasteiger partial charge in [-0.3, -0.25) is 4.79 Å². The Balaban J connectivity index is 1.82. The summed E-state index contributed by atoms with van der Waals surface area (Å²) in [5.74, 6) is 1.58. The highest BCUT2D eigenvalue weighted by atomic mass is 16.5. The quantitative estimate of drug-likeness (QED) is 0.764. The van der Waals surface area contributed by atoms with Crippen LogP contribution in [0.4, 0.5) is 0 Å². The van der Waals surface area contributed by atoms with Crippen LogP contribution in [0.3, 0.4) is 0 Å². The van der Waals surface area contributed by atoms with Crippen LogP contribution in [0, 0.1) is 0 Å². The van der Waals surface area contributed by atoms with E-state index >= 15 is 0 Å². The molecule has 0 fully saturated rings. The van der Waals surface area contributed by atoms with Gasteiger partial charge < -0.3 is 20.5 Å². The highest BCUT2D eigenvalue weighted by molar-refractivity contribution is 5.75. The van der Waals surface area contributed by atoms with Gasteiger partial charge in [0.2, 0.25) is 5.91 Å².